The molecule has 0 aromatic heterocycles. The number of rotatable bonds is 6. The molecule has 3 rings (SSSR count). The van der Waals surface area contributed by atoms with Crippen LogP contribution in [-0.4, -0.2) is 41.2 Å². The van der Waals surface area contributed by atoms with Gasteiger partial charge in [-0.05, 0) is 24.3 Å². The lowest BCUT2D eigenvalue weighted by molar-refractivity contribution is -0.384. The number of anilines is 1. The number of methoxy groups -OCH3 is 1. The minimum absolute atomic E-state index is 0.0453. The number of ether oxygens (including phenoxy) is 1. The highest BCUT2D eigenvalue weighted by atomic mass is 35.5. The zero-order valence-corrected chi connectivity index (χ0v) is 15.4. The number of carbonyl (C=O) groups excluding carboxylic acids is 3. The van der Waals surface area contributed by atoms with Gasteiger partial charge in [0.2, 0.25) is 5.91 Å². The van der Waals surface area contributed by atoms with E-state index >= 15 is 0 Å². The fourth-order valence-corrected chi connectivity index (χ4v) is 2.97. The Kier molecular flexibility index (Phi) is 5.27. The van der Waals surface area contributed by atoms with E-state index in [1.165, 1.54) is 19.2 Å². The summed E-state index contributed by atoms with van der Waals surface area (Å²) < 4.78 is 5.14. The third kappa shape index (κ3) is 3.65. The number of hydrogen-bond acceptors (Lipinski definition) is 6. The van der Waals surface area contributed by atoms with Gasteiger partial charge in [-0.1, -0.05) is 11.6 Å². The second-order valence-corrected chi connectivity index (χ2v) is 6.33. The lowest BCUT2D eigenvalue weighted by Crippen LogP contribution is -2.32. The molecule has 0 radical (unpaired) electrons. The van der Waals surface area contributed by atoms with Gasteiger partial charge in [-0.3, -0.25) is 29.4 Å². The molecule has 1 aliphatic rings. The molecule has 2 aromatic rings. The van der Waals surface area contributed by atoms with Crippen molar-refractivity contribution in [1.29, 1.82) is 0 Å². The van der Waals surface area contributed by atoms with Gasteiger partial charge in [-0.2, -0.15) is 0 Å². The summed E-state index contributed by atoms with van der Waals surface area (Å²) in [6.45, 7) is -0.172. The molecular weight excluding hydrogens is 390 g/mol. The van der Waals surface area contributed by atoms with Crippen LogP contribution in [-0.2, 0) is 4.79 Å². The maximum atomic E-state index is 12.4. The number of halogens is 1. The minimum Gasteiger partial charge on any atom is -0.495 e. The topological polar surface area (TPSA) is 119 Å². The van der Waals surface area contributed by atoms with E-state index in [0.29, 0.717) is 16.5 Å². The molecule has 0 fully saturated rings. The van der Waals surface area contributed by atoms with E-state index in [1.807, 2.05) is 0 Å². The summed E-state index contributed by atoms with van der Waals surface area (Å²) in [6.07, 6.45) is -0.163. The van der Waals surface area contributed by atoms with E-state index < -0.39 is 22.6 Å². The van der Waals surface area contributed by atoms with Crippen molar-refractivity contribution in [3.8, 4) is 5.75 Å². The molecule has 0 aliphatic carbocycles. The standard InChI is InChI=1S/C18H14ClN3O6/c1-28-15-5-2-10(19)8-14(15)20-16(23)6-7-21-17(24)12-4-3-11(22(26)27)9-13(12)18(21)25/h2-5,8-9H,6-7H2,1H3,(H,20,23). The van der Waals surface area contributed by atoms with Gasteiger partial charge in [0.1, 0.15) is 5.75 Å². The Morgan fingerprint density at radius 2 is 1.89 bits per heavy atom. The molecule has 28 heavy (non-hydrogen) atoms. The van der Waals surface area contributed by atoms with E-state index in [0.717, 1.165) is 17.0 Å². The summed E-state index contributed by atoms with van der Waals surface area (Å²) in [5.74, 6) is -1.31. The minimum atomic E-state index is -0.670. The number of amides is 3. The second kappa shape index (κ2) is 7.65. The molecule has 2 aromatic carbocycles. The fourth-order valence-electron chi connectivity index (χ4n) is 2.80. The molecule has 1 N–H and O–H groups in total. The normalized spacial score (nSPS) is 12.7. The highest BCUT2D eigenvalue weighted by molar-refractivity contribution is 6.31. The van der Waals surface area contributed by atoms with Crippen LogP contribution >= 0.6 is 11.6 Å². The second-order valence-electron chi connectivity index (χ2n) is 5.89. The number of imide groups is 1. The summed E-state index contributed by atoms with van der Waals surface area (Å²) in [4.78, 5) is 48.1. The molecule has 0 saturated heterocycles. The molecule has 1 heterocycles. The van der Waals surface area contributed by atoms with Gasteiger partial charge in [0.05, 0.1) is 28.8 Å². The third-order valence-corrected chi connectivity index (χ3v) is 4.40. The predicted octanol–water partition coefficient (Wildman–Crippen LogP) is 2.88. The fraction of sp³-hybridized carbons (Fsp3) is 0.167. The first-order valence-corrected chi connectivity index (χ1v) is 8.47. The predicted molar refractivity (Wildman–Crippen MR) is 99.7 cm³/mol. The SMILES string of the molecule is COc1ccc(Cl)cc1NC(=O)CCN1C(=O)c2ccc([N+](=O)[O-])cc2C1=O. The van der Waals surface area contributed by atoms with Gasteiger partial charge in [0.25, 0.3) is 17.5 Å². The first-order chi connectivity index (χ1) is 13.3. The average molecular weight is 404 g/mol. The van der Waals surface area contributed by atoms with Crippen molar-refractivity contribution in [2.24, 2.45) is 0 Å². The number of fused-ring (bicyclic) bond motifs is 1. The molecule has 9 nitrogen and oxygen atoms in total. The van der Waals surface area contributed by atoms with Crippen molar-refractivity contribution in [1.82, 2.24) is 4.90 Å². The van der Waals surface area contributed by atoms with Crippen LogP contribution in [0, 0.1) is 10.1 Å². The van der Waals surface area contributed by atoms with Gasteiger partial charge in [-0.25, -0.2) is 0 Å². The molecule has 0 atom stereocenters. The summed E-state index contributed by atoms with van der Waals surface area (Å²) in [7, 11) is 1.44. The van der Waals surface area contributed by atoms with Crippen LogP contribution in [0.4, 0.5) is 11.4 Å². The monoisotopic (exact) mass is 403 g/mol. The van der Waals surface area contributed by atoms with Crippen LogP contribution in [0.2, 0.25) is 5.02 Å². The van der Waals surface area contributed by atoms with Crippen molar-refractivity contribution < 1.29 is 24.0 Å². The summed E-state index contributed by atoms with van der Waals surface area (Å²) >= 11 is 5.91. The molecular formula is C18H14ClN3O6. The van der Waals surface area contributed by atoms with Gasteiger partial charge in [-0.15, -0.1) is 0 Å². The number of nitrogens with zero attached hydrogens (tertiary/aromatic N) is 2. The van der Waals surface area contributed by atoms with Crippen LogP contribution in [0.1, 0.15) is 27.1 Å². The number of non-ortho nitro benzene ring substituents is 1. The van der Waals surface area contributed by atoms with E-state index in [-0.39, 0.29) is 29.8 Å². The van der Waals surface area contributed by atoms with Crippen molar-refractivity contribution in [2.75, 3.05) is 19.0 Å². The Hall–Kier alpha value is -3.46. The Bertz CT molecular complexity index is 1010. The maximum absolute atomic E-state index is 12.4. The lowest BCUT2D eigenvalue weighted by atomic mass is 10.1. The van der Waals surface area contributed by atoms with Crippen LogP contribution in [0.25, 0.3) is 0 Å². The van der Waals surface area contributed by atoms with E-state index in [4.69, 9.17) is 16.3 Å². The molecule has 1 aliphatic heterocycles. The molecule has 0 unspecified atom stereocenters. The number of hydrogen-bond donors (Lipinski definition) is 1. The number of nitro benzene ring substituents is 1. The van der Waals surface area contributed by atoms with E-state index in [2.05, 4.69) is 5.32 Å². The molecule has 3 amide bonds. The summed E-state index contributed by atoms with van der Waals surface area (Å²) in [5, 5.41) is 13.9. The Morgan fingerprint density at radius 3 is 2.57 bits per heavy atom. The lowest BCUT2D eigenvalue weighted by Gasteiger charge is -2.14. The first kappa shape index (κ1) is 19.3. The van der Waals surface area contributed by atoms with Crippen LogP contribution < -0.4 is 10.1 Å². The zero-order chi connectivity index (χ0) is 20.4. The number of nitro groups is 1. The first-order valence-electron chi connectivity index (χ1n) is 8.10. The van der Waals surface area contributed by atoms with Crippen LogP contribution in [0.5, 0.6) is 5.75 Å². The average Bonchev–Trinajstić information content (AvgIpc) is 2.90. The number of carbonyl (C=O) groups is 3. The van der Waals surface area contributed by atoms with Gasteiger partial charge >= 0.3 is 0 Å². The maximum Gasteiger partial charge on any atom is 0.270 e. The van der Waals surface area contributed by atoms with Crippen LogP contribution in [0.15, 0.2) is 36.4 Å². The molecule has 0 saturated carbocycles. The number of nitrogens with one attached hydrogen (secondary N) is 1. The zero-order valence-electron chi connectivity index (χ0n) is 14.6. The molecule has 0 bridgehead atoms. The van der Waals surface area contributed by atoms with Gasteiger partial charge in [0, 0.05) is 30.1 Å². The smallest absolute Gasteiger partial charge is 0.270 e. The Labute approximate surface area is 164 Å². The third-order valence-electron chi connectivity index (χ3n) is 4.16. The Morgan fingerprint density at radius 1 is 1.18 bits per heavy atom. The molecule has 0 spiro atoms. The van der Waals surface area contributed by atoms with Gasteiger partial charge < -0.3 is 10.1 Å². The quantitative estimate of drug-likeness (QED) is 0.450. The van der Waals surface area contributed by atoms with E-state index in [1.54, 1.807) is 12.1 Å². The van der Waals surface area contributed by atoms with Crippen molar-refractivity contribution in [2.45, 2.75) is 6.42 Å². The number of benzene rings is 2. The summed E-state index contributed by atoms with van der Waals surface area (Å²) in [5.41, 5.74) is 0.106. The highest BCUT2D eigenvalue weighted by Gasteiger charge is 2.36. The van der Waals surface area contributed by atoms with Crippen molar-refractivity contribution >= 4 is 40.7 Å². The molecule has 144 valence electrons. The van der Waals surface area contributed by atoms with Crippen LogP contribution in [0.3, 0.4) is 0 Å². The summed E-state index contributed by atoms with van der Waals surface area (Å²) in [6, 6.07) is 8.17. The Balaban J connectivity index is 1.69. The van der Waals surface area contributed by atoms with E-state index in [9.17, 15) is 24.5 Å². The van der Waals surface area contributed by atoms with Crippen molar-refractivity contribution in [3.05, 3.63) is 62.7 Å². The largest absolute Gasteiger partial charge is 0.495 e. The molecule has 10 heteroatoms. The van der Waals surface area contributed by atoms with Gasteiger partial charge in [0.15, 0.2) is 0 Å². The van der Waals surface area contributed by atoms with Crippen molar-refractivity contribution in [3.63, 3.8) is 0 Å². The highest BCUT2D eigenvalue weighted by Crippen LogP contribution is 2.29.